The van der Waals surface area contributed by atoms with Gasteiger partial charge in [0, 0.05) is 11.0 Å². The Bertz CT molecular complexity index is 664. The highest BCUT2D eigenvalue weighted by molar-refractivity contribution is 9.10. The predicted molar refractivity (Wildman–Crippen MR) is 82.7 cm³/mol. The summed E-state index contributed by atoms with van der Waals surface area (Å²) < 4.78 is 32.6. The van der Waals surface area contributed by atoms with Crippen LogP contribution in [0, 0.1) is 11.6 Å². The average molecular weight is 370 g/mol. The molecule has 116 valence electrons. The van der Waals surface area contributed by atoms with Gasteiger partial charge in [-0.2, -0.15) is 0 Å². The first-order valence-electron chi connectivity index (χ1n) is 6.64. The van der Waals surface area contributed by atoms with E-state index >= 15 is 0 Å². The van der Waals surface area contributed by atoms with Crippen LogP contribution in [0.2, 0.25) is 0 Å². The molecule has 0 radical (unpaired) electrons. The van der Waals surface area contributed by atoms with Crippen LogP contribution in [0.4, 0.5) is 8.78 Å². The van der Waals surface area contributed by atoms with Crippen molar-refractivity contribution in [3.63, 3.8) is 0 Å². The Morgan fingerprint density at radius 2 is 1.91 bits per heavy atom. The molecule has 2 aromatic rings. The van der Waals surface area contributed by atoms with Gasteiger partial charge in [-0.25, -0.2) is 8.78 Å². The SMILES string of the molecule is O=C(COc1ccc(Br)cc1F)NCCc1ccccc1F. The lowest BCUT2D eigenvalue weighted by Crippen LogP contribution is -2.30. The number of rotatable bonds is 6. The Morgan fingerprint density at radius 3 is 2.64 bits per heavy atom. The van der Waals surface area contributed by atoms with Gasteiger partial charge in [-0.1, -0.05) is 34.1 Å². The van der Waals surface area contributed by atoms with Gasteiger partial charge in [-0.3, -0.25) is 4.79 Å². The van der Waals surface area contributed by atoms with Crippen molar-refractivity contribution in [1.29, 1.82) is 0 Å². The molecular formula is C16H14BrF2NO2. The molecule has 2 rings (SSSR count). The third kappa shape index (κ3) is 4.80. The highest BCUT2D eigenvalue weighted by Crippen LogP contribution is 2.21. The molecule has 0 spiro atoms. The second-order valence-corrected chi connectivity index (χ2v) is 5.47. The van der Waals surface area contributed by atoms with Crippen LogP contribution >= 0.6 is 15.9 Å². The predicted octanol–water partition coefficient (Wildman–Crippen LogP) is 3.47. The molecule has 2 aromatic carbocycles. The van der Waals surface area contributed by atoms with Crippen LogP contribution < -0.4 is 10.1 Å². The first-order chi connectivity index (χ1) is 10.6. The Balaban J connectivity index is 1.75. The molecule has 0 unspecified atom stereocenters. The number of ether oxygens (including phenoxy) is 1. The van der Waals surface area contributed by atoms with Crippen molar-refractivity contribution in [3.05, 3.63) is 64.1 Å². The summed E-state index contributed by atoms with van der Waals surface area (Å²) in [5.41, 5.74) is 0.530. The van der Waals surface area contributed by atoms with Crippen molar-refractivity contribution >= 4 is 21.8 Å². The summed E-state index contributed by atoms with van der Waals surface area (Å²) in [6.07, 6.45) is 0.380. The summed E-state index contributed by atoms with van der Waals surface area (Å²) in [6, 6.07) is 10.7. The molecule has 0 bridgehead atoms. The molecule has 0 fully saturated rings. The Hall–Kier alpha value is -1.95. The van der Waals surface area contributed by atoms with E-state index in [0.29, 0.717) is 16.5 Å². The van der Waals surface area contributed by atoms with E-state index in [0.717, 1.165) is 0 Å². The quantitative estimate of drug-likeness (QED) is 0.846. The van der Waals surface area contributed by atoms with E-state index in [1.807, 2.05) is 0 Å². The summed E-state index contributed by atoms with van der Waals surface area (Å²) in [5, 5.41) is 2.60. The molecule has 0 aromatic heterocycles. The van der Waals surface area contributed by atoms with Gasteiger partial charge < -0.3 is 10.1 Å². The Morgan fingerprint density at radius 1 is 1.14 bits per heavy atom. The third-order valence-electron chi connectivity index (χ3n) is 2.93. The molecule has 0 aliphatic heterocycles. The molecule has 0 saturated heterocycles. The molecule has 0 atom stereocenters. The Kier molecular flexibility index (Phi) is 5.89. The highest BCUT2D eigenvalue weighted by Gasteiger charge is 2.07. The monoisotopic (exact) mass is 369 g/mol. The normalized spacial score (nSPS) is 10.3. The Labute approximate surface area is 135 Å². The summed E-state index contributed by atoms with van der Waals surface area (Å²) in [7, 11) is 0. The molecule has 22 heavy (non-hydrogen) atoms. The maximum Gasteiger partial charge on any atom is 0.257 e. The highest BCUT2D eigenvalue weighted by atomic mass is 79.9. The van der Waals surface area contributed by atoms with Gasteiger partial charge >= 0.3 is 0 Å². The number of hydrogen-bond donors (Lipinski definition) is 1. The molecule has 6 heteroatoms. The van der Waals surface area contributed by atoms with Crippen LogP contribution in [-0.4, -0.2) is 19.1 Å². The van der Waals surface area contributed by atoms with Crippen LogP contribution in [-0.2, 0) is 11.2 Å². The van der Waals surface area contributed by atoms with Crippen molar-refractivity contribution in [3.8, 4) is 5.75 Å². The van der Waals surface area contributed by atoms with Crippen LogP contribution in [0.1, 0.15) is 5.56 Å². The average Bonchev–Trinajstić information content (AvgIpc) is 2.48. The molecule has 0 aliphatic carbocycles. The second kappa shape index (κ2) is 7.89. The van der Waals surface area contributed by atoms with Gasteiger partial charge in [-0.05, 0) is 36.2 Å². The van der Waals surface area contributed by atoms with Crippen molar-refractivity contribution in [2.24, 2.45) is 0 Å². The van der Waals surface area contributed by atoms with Crippen molar-refractivity contribution in [1.82, 2.24) is 5.32 Å². The van der Waals surface area contributed by atoms with Crippen LogP contribution in [0.15, 0.2) is 46.9 Å². The van der Waals surface area contributed by atoms with E-state index in [1.54, 1.807) is 24.3 Å². The van der Waals surface area contributed by atoms with E-state index in [-0.39, 0.29) is 24.7 Å². The van der Waals surface area contributed by atoms with Crippen LogP contribution in [0.5, 0.6) is 5.75 Å². The minimum absolute atomic E-state index is 0.00690. The lowest BCUT2D eigenvalue weighted by atomic mass is 10.1. The molecule has 1 N–H and O–H groups in total. The third-order valence-corrected chi connectivity index (χ3v) is 3.42. The molecule has 0 saturated carbocycles. The lowest BCUT2D eigenvalue weighted by molar-refractivity contribution is -0.123. The molecule has 1 amide bonds. The fourth-order valence-electron chi connectivity index (χ4n) is 1.82. The topological polar surface area (TPSA) is 38.3 Å². The van der Waals surface area contributed by atoms with Gasteiger partial charge in [0.25, 0.3) is 5.91 Å². The molecule has 0 aliphatic rings. The number of hydrogen-bond acceptors (Lipinski definition) is 2. The van der Waals surface area contributed by atoms with E-state index in [1.165, 1.54) is 18.2 Å². The second-order valence-electron chi connectivity index (χ2n) is 4.55. The van der Waals surface area contributed by atoms with Crippen molar-refractivity contribution in [2.75, 3.05) is 13.2 Å². The minimum atomic E-state index is -0.548. The zero-order valence-corrected chi connectivity index (χ0v) is 13.2. The van der Waals surface area contributed by atoms with Crippen molar-refractivity contribution < 1.29 is 18.3 Å². The summed E-state index contributed by atoms with van der Waals surface area (Å²) in [6.45, 7) is -0.0121. The number of carbonyl (C=O) groups is 1. The zero-order chi connectivity index (χ0) is 15.9. The number of nitrogens with one attached hydrogen (secondary N) is 1. The number of benzene rings is 2. The lowest BCUT2D eigenvalue weighted by Gasteiger charge is -2.08. The number of carbonyl (C=O) groups excluding carboxylic acids is 1. The van der Waals surface area contributed by atoms with Crippen LogP contribution in [0.3, 0.4) is 0 Å². The fraction of sp³-hybridized carbons (Fsp3) is 0.188. The molecule has 3 nitrogen and oxygen atoms in total. The maximum absolute atomic E-state index is 13.5. The fourth-order valence-corrected chi connectivity index (χ4v) is 2.16. The van der Waals surface area contributed by atoms with E-state index in [2.05, 4.69) is 21.2 Å². The molecule has 0 heterocycles. The van der Waals surface area contributed by atoms with E-state index in [4.69, 9.17) is 4.74 Å². The standard InChI is InChI=1S/C16H14BrF2NO2/c17-12-5-6-15(14(19)9-12)22-10-16(21)20-8-7-11-3-1-2-4-13(11)18/h1-6,9H,7-8,10H2,(H,20,21). The maximum atomic E-state index is 13.5. The van der Waals surface area contributed by atoms with Gasteiger partial charge in [0.2, 0.25) is 0 Å². The van der Waals surface area contributed by atoms with E-state index < -0.39 is 11.7 Å². The summed E-state index contributed by atoms with van der Waals surface area (Å²) in [4.78, 5) is 11.6. The summed E-state index contributed by atoms with van der Waals surface area (Å²) >= 11 is 3.13. The number of amides is 1. The smallest absolute Gasteiger partial charge is 0.257 e. The van der Waals surface area contributed by atoms with Gasteiger partial charge in [0.05, 0.1) is 0 Å². The summed E-state index contributed by atoms with van der Waals surface area (Å²) in [5.74, 6) is -1.23. The van der Waals surface area contributed by atoms with Gasteiger partial charge in [0.15, 0.2) is 18.2 Å². The minimum Gasteiger partial charge on any atom is -0.481 e. The van der Waals surface area contributed by atoms with Crippen molar-refractivity contribution in [2.45, 2.75) is 6.42 Å². The first kappa shape index (κ1) is 16.4. The van der Waals surface area contributed by atoms with Gasteiger partial charge in [-0.15, -0.1) is 0 Å². The number of halogens is 3. The molecular weight excluding hydrogens is 356 g/mol. The first-order valence-corrected chi connectivity index (χ1v) is 7.43. The van der Waals surface area contributed by atoms with Crippen LogP contribution in [0.25, 0.3) is 0 Å². The van der Waals surface area contributed by atoms with Gasteiger partial charge in [0.1, 0.15) is 5.82 Å². The van der Waals surface area contributed by atoms with E-state index in [9.17, 15) is 13.6 Å². The zero-order valence-electron chi connectivity index (χ0n) is 11.6. The largest absolute Gasteiger partial charge is 0.481 e.